The van der Waals surface area contributed by atoms with Crippen LogP contribution in [0, 0.1) is 58.7 Å². The molecule has 1 N–H and O–H groups in total. The van der Waals surface area contributed by atoms with Gasteiger partial charge in [0.25, 0.3) is 0 Å². The van der Waals surface area contributed by atoms with Crippen LogP contribution in [0.1, 0.15) is 44.9 Å². The average molecular weight is 256 g/mol. The highest BCUT2D eigenvalue weighted by Gasteiger charge is 2.80. The zero-order chi connectivity index (χ0) is 12.1. The second-order valence-corrected chi connectivity index (χ2v) is 9.85. The molecule has 0 heterocycles. The maximum absolute atomic E-state index is 11.1. The van der Waals surface area contributed by atoms with E-state index in [0.29, 0.717) is 5.41 Å². The van der Waals surface area contributed by atoms with E-state index in [9.17, 15) is 5.11 Å². The number of hydrogen-bond donors (Lipinski definition) is 1. The molecule has 1 nitrogen and oxygen atoms in total. The van der Waals surface area contributed by atoms with E-state index in [1.807, 2.05) is 0 Å². The predicted molar refractivity (Wildman–Crippen MR) is 71.1 cm³/mol. The van der Waals surface area contributed by atoms with Gasteiger partial charge in [-0.2, -0.15) is 0 Å². The molecule has 0 aromatic heterocycles. The van der Waals surface area contributed by atoms with Crippen molar-refractivity contribution < 1.29 is 5.11 Å². The van der Waals surface area contributed by atoms with E-state index in [0.717, 1.165) is 53.3 Å². The first-order valence-electron chi connectivity index (χ1n) is 8.91. The first-order chi connectivity index (χ1) is 9.19. The molecule has 102 valence electrons. The quantitative estimate of drug-likeness (QED) is 0.706. The lowest BCUT2D eigenvalue weighted by Crippen LogP contribution is -2.79. The van der Waals surface area contributed by atoms with Crippen LogP contribution in [0.4, 0.5) is 0 Å². The van der Waals surface area contributed by atoms with Gasteiger partial charge in [0.15, 0.2) is 0 Å². The summed E-state index contributed by atoms with van der Waals surface area (Å²) in [6, 6.07) is 0. The van der Waals surface area contributed by atoms with Gasteiger partial charge < -0.3 is 5.11 Å². The van der Waals surface area contributed by atoms with Gasteiger partial charge in [0.05, 0.1) is 5.60 Å². The molecule has 1 spiro atoms. The standard InChI is InChI=1S/C18H24O/c19-17-5-13-10-3-9-11-1-8-2-12(9)16(14(10)6-17)18(4-8,7-17)15(11)13/h8-16,19H,1-7H2/t8?,9?,10?,11-,12?,13?,14-,15?,16?,17?,18?/m1/s1. The molecule has 11 bridgehead atoms. The zero-order valence-corrected chi connectivity index (χ0v) is 11.6. The molecule has 0 aromatic rings. The van der Waals surface area contributed by atoms with Crippen molar-refractivity contribution in [2.45, 2.75) is 50.5 Å². The minimum absolute atomic E-state index is 0.211. The molecule has 10 aliphatic rings. The molecule has 11 atom stereocenters. The summed E-state index contributed by atoms with van der Waals surface area (Å²) in [5.74, 6) is 9.53. The summed E-state index contributed by atoms with van der Waals surface area (Å²) in [5.41, 5.74) is 0.446. The minimum atomic E-state index is -0.211. The Morgan fingerprint density at radius 3 is 2.00 bits per heavy atom. The Bertz CT molecular complexity index is 478. The van der Waals surface area contributed by atoms with Crippen molar-refractivity contribution in [2.75, 3.05) is 0 Å². The SMILES string of the molecule is OC12CC3C4CC5C6CC7C[C@H]5C3C(C7)(C1)C6[C@@H]4C2. The Morgan fingerprint density at radius 2 is 1.32 bits per heavy atom. The summed E-state index contributed by atoms with van der Waals surface area (Å²) < 4.78 is 0. The number of hydrogen-bond acceptors (Lipinski definition) is 1. The van der Waals surface area contributed by atoms with Gasteiger partial charge in [0.2, 0.25) is 0 Å². The van der Waals surface area contributed by atoms with Crippen molar-refractivity contribution >= 4 is 0 Å². The van der Waals surface area contributed by atoms with Gasteiger partial charge in [-0.05, 0) is 104 Å². The van der Waals surface area contributed by atoms with Crippen LogP contribution >= 0.6 is 0 Å². The van der Waals surface area contributed by atoms with Gasteiger partial charge in [-0.15, -0.1) is 0 Å². The maximum atomic E-state index is 11.1. The van der Waals surface area contributed by atoms with Crippen molar-refractivity contribution in [1.82, 2.24) is 0 Å². The third kappa shape index (κ3) is 0.772. The Hall–Kier alpha value is -0.0400. The molecule has 10 rings (SSSR count). The Balaban J connectivity index is 1.55. The van der Waals surface area contributed by atoms with Crippen LogP contribution in [-0.4, -0.2) is 10.7 Å². The van der Waals surface area contributed by atoms with E-state index in [-0.39, 0.29) is 5.60 Å². The molecule has 9 unspecified atom stereocenters. The van der Waals surface area contributed by atoms with Crippen LogP contribution in [-0.2, 0) is 0 Å². The largest absolute Gasteiger partial charge is 0.390 e. The van der Waals surface area contributed by atoms with Gasteiger partial charge >= 0.3 is 0 Å². The second-order valence-electron chi connectivity index (χ2n) is 9.85. The fourth-order valence-corrected chi connectivity index (χ4v) is 10.3. The summed E-state index contributed by atoms with van der Waals surface area (Å²) in [4.78, 5) is 0. The van der Waals surface area contributed by atoms with Crippen LogP contribution in [0.25, 0.3) is 0 Å². The lowest BCUT2D eigenvalue weighted by atomic mass is 9.21. The molecular formula is C18H24O. The molecular weight excluding hydrogens is 232 g/mol. The van der Waals surface area contributed by atoms with Gasteiger partial charge in [0, 0.05) is 0 Å². The van der Waals surface area contributed by atoms with Crippen molar-refractivity contribution in [2.24, 2.45) is 58.7 Å². The van der Waals surface area contributed by atoms with E-state index in [1.54, 1.807) is 19.3 Å². The van der Waals surface area contributed by atoms with Gasteiger partial charge in [-0.3, -0.25) is 0 Å². The van der Waals surface area contributed by atoms with E-state index < -0.39 is 0 Å². The van der Waals surface area contributed by atoms with Crippen molar-refractivity contribution in [3.05, 3.63) is 0 Å². The Kier molecular flexibility index (Phi) is 1.26. The monoisotopic (exact) mass is 256 g/mol. The van der Waals surface area contributed by atoms with E-state index in [2.05, 4.69) is 0 Å². The smallest absolute Gasteiger partial charge is 0.0659 e. The molecule has 0 radical (unpaired) electrons. The molecule has 10 aliphatic carbocycles. The maximum Gasteiger partial charge on any atom is 0.0659 e. The summed E-state index contributed by atoms with van der Waals surface area (Å²) in [6.45, 7) is 0. The predicted octanol–water partition coefficient (Wildman–Crippen LogP) is 3.08. The van der Waals surface area contributed by atoms with Crippen molar-refractivity contribution in [1.29, 1.82) is 0 Å². The molecule has 0 amide bonds. The number of rotatable bonds is 0. The van der Waals surface area contributed by atoms with Crippen LogP contribution in [0.15, 0.2) is 0 Å². The highest BCUT2D eigenvalue weighted by atomic mass is 16.3. The van der Waals surface area contributed by atoms with Crippen LogP contribution < -0.4 is 0 Å². The first kappa shape index (κ1) is 9.82. The summed E-state index contributed by atoms with van der Waals surface area (Å²) in [5, 5.41) is 11.1. The normalized spacial score (nSPS) is 80.4. The first-order valence-corrected chi connectivity index (χ1v) is 8.91. The highest BCUT2D eigenvalue weighted by Crippen LogP contribution is 2.85. The van der Waals surface area contributed by atoms with E-state index in [1.165, 1.54) is 25.7 Å². The topological polar surface area (TPSA) is 20.2 Å². The Morgan fingerprint density at radius 1 is 0.684 bits per heavy atom. The van der Waals surface area contributed by atoms with Crippen molar-refractivity contribution in [3.8, 4) is 0 Å². The minimum Gasteiger partial charge on any atom is -0.390 e. The highest BCUT2D eigenvalue weighted by molar-refractivity contribution is 5.28. The average Bonchev–Trinajstić information content (AvgIpc) is 2.34. The molecule has 19 heavy (non-hydrogen) atoms. The summed E-state index contributed by atoms with van der Waals surface area (Å²) >= 11 is 0. The molecule has 10 fully saturated rings. The van der Waals surface area contributed by atoms with Crippen LogP contribution in [0.2, 0.25) is 0 Å². The fourth-order valence-electron chi connectivity index (χ4n) is 10.3. The lowest BCUT2D eigenvalue weighted by molar-refractivity contribution is -0.371. The molecule has 0 saturated heterocycles. The van der Waals surface area contributed by atoms with Crippen LogP contribution in [0.3, 0.4) is 0 Å². The van der Waals surface area contributed by atoms with Crippen LogP contribution in [0.5, 0.6) is 0 Å². The summed E-state index contributed by atoms with van der Waals surface area (Å²) in [7, 11) is 0. The van der Waals surface area contributed by atoms with Gasteiger partial charge in [0.1, 0.15) is 0 Å². The third-order valence-electron chi connectivity index (χ3n) is 9.69. The lowest BCUT2D eigenvalue weighted by Gasteiger charge is -2.84. The fraction of sp³-hybridized carbons (Fsp3) is 1.00. The van der Waals surface area contributed by atoms with Gasteiger partial charge in [-0.25, -0.2) is 0 Å². The molecule has 10 saturated carbocycles. The third-order valence-corrected chi connectivity index (χ3v) is 9.69. The molecule has 0 aromatic carbocycles. The van der Waals surface area contributed by atoms with E-state index >= 15 is 0 Å². The molecule has 1 heteroatoms. The Labute approximate surface area is 115 Å². The van der Waals surface area contributed by atoms with Gasteiger partial charge in [-0.1, -0.05) is 0 Å². The van der Waals surface area contributed by atoms with Crippen molar-refractivity contribution in [3.63, 3.8) is 0 Å². The zero-order valence-electron chi connectivity index (χ0n) is 11.6. The second kappa shape index (κ2) is 2.45. The number of aliphatic hydroxyl groups is 1. The summed E-state index contributed by atoms with van der Waals surface area (Å²) in [6.07, 6.45) is 9.92. The van der Waals surface area contributed by atoms with E-state index in [4.69, 9.17) is 0 Å². The molecule has 0 aliphatic heterocycles.